The van der Waals surface area contributed by atoms with E-state index in [4.69, 9.17) is 4.74 Å². The van der Waals surface area contributed by atoms with Crippen LogP contribution >= 0.6 is 0 Å². The summed E-state index contributed by atoms with van der Waals surface area (Å²) >= 11 is 0. The van der Waals surface area contributed by atoms with Crippen LogP contribution in [-0.2, 0) is 0 Å². The Kier molecular flexibility index (Phi) is 6.86. The topological polar surface area (TPSA) is 67.4 Å². The normalized spacial score (nSPS) is 10.5. The van der Waals surface area contributed by atoms with Crippen LogP contribution in [-0.4, -0.2) is 18.4 Å². The Morgan fingerprint density at radius 1 is 0.900 bits per heavy atom. The molecule has 3 aromatic carbocycles. The number of aryl methyl sites for hydroxylation is 1. The Morgan fingerprint density at radius 2 is 1.60 bits per heavy atom. The maximum Gasteiger partial charge on any atom is 0.259 e. The molecular weight excluding hydrogens is 376 g/mol. The van der Waals surface area contributed by atoms with Crippen molar-refractivity contribution in [3.63, 3.8) is 0 Å². The summed E-state index contributed by atoms with van der Waals surface area (Å²) in [6.45, 7) is 6.57. The van der Waals surface area contributed by atoms with Gasteiger partial charge >= 0.3 is 0 Å². The SMILES string of the molecule is Cc1cc(C(=O)NCC(C)C)ccc1NC(=O)c1ccccc1Oc1ccccc1. The second-order valence-electron chi connectivity index (χ2n) is 7.50. The summed E-state index contributed by atoms with van der Waals surface area (Å²) in [5.74, 6) is 1.12. The third kappa shape index (κ3) is 5.47. The van der Waals surface area contributed by atoms with E-state index in [1.807, 2.05) is 57.2 Å². The Labute approximate surface area is 177 Å². The number of para-hydroxylation sites is 2. The van der Waals surface area contributed by atoms with Gasteiger partial charge in [-0.1, -0.05) is 44.2 Å². The minimum atomic E-state index is -0.276. The Morgan fingerprint density at radius 3 is 2.30 bits per heavy atom. The number of anilines is 1. The monoisotopic (exact) mass is 402 g/mol. The molecule has 0 aromatic heterocycles. The zero-order valence-corrected chi connectivity index (χ0v) is 17.4. The molecule has 154 valence electrons. The van der Waals surface area contributed by atoms with Gasteiger partial charge in [0.15, 0.2) is 0 Å². The van der Waals surface area contributed by atoms with Gasteiger partial charge in [0.2, 0.25) is 0 Å². The molecule has 0 atom stereocenters. The van der Waals surface area contributed by atoms with E-state index in [-0.39, 0.29) is 11.8 Å². The number of carbonyl (C=O) groups is 2. The van der Waals surface area contributed by atoms with E-state index >= 15 is 0 Å². The molecule has 2 amide bonds. The molecule has 0 saturated heterocycles. The van der Waals surface area contributed by atoms with E-state index in [1.165, 1.54) is 0 Å². The van der Waals surface area contributed by atoms with E-state index in [2.05, 4.69) is 10.6 Å². The highest BCUT2D eigenvalue weighted by atomic mass is 16.5. The van der Waals surface area contributed by atoms with Crippen LogP contribution in [0.3, 0.4) is 0 Å². The van der Waals surface area contributed by atoms with Gasteiger partial charge < -0.3 is 15.4 Å². The van der Waals surface area contributed by atoms with Crippen molar-refractivity contribution in [2.24, 2.45) is 5.92 Å². The zero-order valence-electron chi connectivity index (χ0n) is 17.4. The van der Waals surface area contributed by atoms with Gasteiger partial charge in [-0.15, -0.1) is 0 Å². The Bertz CT molecular complexity index is 1030. The van der Waals surface area contributed by atoms with E-state index in [1.54, 1.807) is 36.4 Å². The minimum Gasteiger partial charge on any atom is -0.457 e. The van der Waals surface area contributed by atoms with Gasteiger partial charge in [-0.05, 0) is 60.9 Å². The first kappa shape index (κ1) is 21.1. The summed E-state index contributed by atoms with van der Waals surface area (Å²) in [6.07, 6.45) is 0. The lowest BCUT2D eigenvalue weighted by Crippen LogP contribution is -2.27. The molecule has 3 aromatic rings. The van der Waals surface area contributed by atoms with E-state index in [0.717, 1.165) is 5.56 Å². The standard InChI is InChI=1S/C25H26N2O3/c1-17(2)16-26-24(28)19-13-14-22(18(3)15-19)27-25(29)21-11-7-8-12-23(21)30-20-9-5-4-6-10-20/h4-15,17H,16H2,1-3H3,(H,26,28)(H,27,29). The molecule has 0 aliphatic carbocycles. The summed E-state index contributed by atoms with van der Waals surface area (Å²) in [6, 6.07) is 21.7. The summed E-state index contributed by atoms with van der Waals surface area (Å²) < 4.78 is 5.88. The number of amides is 2. The molecule has 0 heterocycles. The van der Waals surface area contributed by atoms with Crippen LogP contribution in [0.5, 0.6) is 11.5 Å². The number of hydrogen-bond acceptors (Lipinski definition) is 3. The van der Waals surface area contributed by atoms with Gasteiger partial charge in [0.25, 0.3) is 11.8 Å². The molecular formula is C25H26N2O3. The molecule has 2 N–H and O–H groups in total. The van der Waals surface area contributed by atoms with Crippen LogP contribution in [0, 0.1) is 12.8 Å². The van der Waals surface area contributed by atoms with E-state index < -0.39 is 0 Å². The first-order valence-corrected chi connectivity index (χ1v) is 9.96. The molecule has 0 saturated carbocycles. The highest BCUT2D eigenvalue weighted by Gasteiger charge is 2.15. The maximum atomic E-state index is 12.9. The van der Waals surface area contributed by atoms with Crippen LogP contribution in [0.1, 0.15) is 40.1 Å². The lowest BCUT2D eigenvalue weighted by atomic mass is 10.1. The van der Waals surface area contributed by atoms with Crippen LogP contribution in [0.15, 0.2) is 72.8 Å². The molecule has 30 heavy (non-hydrogen) atoms. The molecule has 0 radical (unpaired) electrons. The van der Waals surface area contributed by atoms with Crippen LogP contribution < -0.4 is 15.4 Å². The minimum absolute atomic E-state index is 0.119. The second kappa shape index (κ2) is 9.74. The van der Waals surface area contributed by atoms with Gasteiger partial charge in [-0.25, -0.2) is 0 Å². The molecule has 0 spiro atoms. The van der Waals surface area contributed by atoms with Crippen LogP contribution in [0.25, 0.3) is 0 Å². The summed E-state index contributed by atoms with van der Waals surface area (Å²) in [5.41, 5.74) is 2.45. The third-order valence-corrected chi connectivity index (χ3v) is 4.51. The summed E-state index contributed by atoms with van der Waals surface area (Å²) in [7, 11) is 0. The van der Waals surface area contributed by atoms with Gasteiger partial charge in [-0.2, -0.15) is 0 Å². The van der Waals surface area contributed by atoms with Crippen molar-refractivity contribution >= 4 is 17.5 Å². The van der Waals surface area contributed by atoms with Crippen molar-refractivity contribution in [1.29, 1.82) is 0 Å². The van der Waals surface area contributed by atoms with E-state index in [9.17, 15) is 9.59 Å². The largest absolute Gasteiger partial charge is 0.457 e. The first-order chi connectivity index (χ1) is 14.4. The number of hydrogen-bond donors (Lipinski definition) is 2. The highest BCUT2D eigenvalue weighted by Crippen LogP contribution is 2.26. The molecule has 5 heteroatoms. The number of nitrogens with one attached hydrogen (secondary N) is 2. The molecule has 0 aliphatic heterocycles. The van der Waals surface area contributed by atoms with Crippen molar-refractivity contribution in [1.82, 2.24) is 5.32 Å². The lowest BCUT2D eigenvalue weighted by Gasteiger charge is -2.14. The number of ether oxygens (including phenoxy) is 1. The molecule has 0 unspecified atom stereocenters. The predicted octanol–water partition coefficient (Wildman–Crippen LogP) is 5.43. The molecule has 0 aliphatic rings. The molecule has 3 rings (SSSR count). The second-order valence-corrected chi connectivity index (χ2v) is 7.50. The van der Waals surface area contributed by atoms with Crippen molar-refractivity contribution in [3.05, 3.63) is 89.5 Å². The fourth-order valence-corrected chi connectivity index (χ4v) is 2.89. The van der Waals surface area contributed by atoms with Crippen molar-refractivity contribution in [3.8, 4) is 11.5 Å². The zero-order chi connectivity index (χ0) is 21.5. The Hall–Kier alpha value is -3.60. The number of carbonyl (C=O) groups excluding carboxylic acids is 2. The molecule has 5 nitrogen and oxygen atoms in total. The fraction of sp³-hybridized carbons (Fsp3) is 0.200. The fourth-order valence-electron chi connectivity index (χ4n) is 2.89. The molecule has 0 bridgehead atoms. The van der Waals surface area contributed by atoms with Crippen LogP contribution in [0.2, 0.25) is 0 Å². The Balaban J connectivity index is 1.74. The van der Waals surface area contributed by atoms with Crippen LogP contribution in [0.4, 0.5) is 5.69 Å². The van der Waals surface area contributed by atoms with E-state index in [0.29, 0.717) is 40.8 Å². The maximum absolute atomic E-state index is 12.9. The van der Waals surface area contributed by atoms with Gasteiger partial charge in [0, 0.05) is 17.8 Å². The van der Waals surface area contributed by atoms with Crippen molar-refractivity contribution in [2.45, 2.75) is 20.8 Å². The average Bonchev–Trinajstić information content (AvgIpc) is 2.74. The number of rotatable bonds is 7. The van der Waals surface area contributed by atoms with Crippen molar-refractivity contribution < 1.29 is 14.3 Å². The van der Waals surface area contributed by atoms with Gasteiger partial charge in [0.05, 0.1) is 5.56 Å². The molecule has 0 fully saturated rings. The first-order valence-electron chi connectivity index (χ1n) is 9.96. The third-order valence-electron chi connectivity index (χ3n) is 4.51. The lowest BCUT2D eigenvalue weighted by molar-refractivity contribution is 0.0948. The highest BCUT2D eigenvalue weighted by molar-refractivity contribution is 6.07. The van der Waals surface area contributed by atoms with Gasteiger partial charge in [-0.3, -0.25) is 9.59 Å². The number of benzene rings is 3. The van der Waals surface area contributed by atoms with Crippen molar-refractivity contribution in [2.75, 3.05) is 11.9 Å². The van der Waals surface area contributed by atoms with Gasteiger partial charge in [0.1, 0.15) is 11.5 Å². The predicted molar refractivity (Wildman–Crippen MR) is 119 cm³/mol. The summed E-state index contributed by atoms with van der Waals surface area (Å²) in [5, 5.41) is 5.82. The smallest absolute Gasteiger partial charge is 0.259 e. The average molecular weight is 402 g/mol. The quantitative estimate of drug-likeness (QED) is 0.554. The summed E-state index contributed by atoms with van der Waals surface area (Å²) in [4.78, 5) is 25.2.